The molecule has 0 bridgehead atoms. The summed E-state index contributed by atoms with van der Waals surface area (Å²) in [7, 11) is 2.58. The standard InChI is InChI=1S/C25H22NO3.CH4O.Hf/c1-17(25(29-3)24(18(2)28)23-5-4-14-26-15-23)20-10-12-22(13-11-20)21-8-6-19(16-27)7-9-21;1-2;/h4,6-15H,5H2,1-3H3;2H,1H3;/q-1;;/b24-23+,25-17-;;. The largest absolute Gasteiger partial charge is 0.496 e. The number of ether oxygens (including phenoxy) is 1. The van der Waals surface area contributed by atoms with Gasteiger partial charge >= 0.3 is 0 Å². The summed E-state index contributed by atoms with van der Waals surface area (Å²) in [5.41, 5.74) is 5.83. The number of ketones is 1. The number of nitrogens with zero attached hydrogens (tertiary/aromatic N) is 1. The molecule has 0 saturated heterocycles. The second-order valence-corrected chi connectivity index (χ2v) is 6.74. The zero-order valence-corrected chi connectivity index (χ0v) is 22.3. The van der Waals surface area contributed by atoms with Crippen LogP contribution in [0.3, 0.4) is 0 Å². The maximum Gasteiger partial charge on any atom is 0.163 e. The van der Waals surface area contributed by atoms with Crippen LogP contribution < -0.4 is 0 Å². The number of hydrogen-bond acceptors (Lipinski definition) is 5. The van der Waals surface area contributed by atoms with E-state index in [1.54, 1.807) is 38.6 Å². The Balaban J connectivity index is 0.00000166. The number of rotatable bonds is 6. The molecule has 0 fully saturated rings. The Kier molecular flexibility index (Phi) is 11.7. The summed E-state index contributed by atoms with van der Waals surface area (Å²) in [4.78, 5) is 27.2. The van der Waals surface area contributed by atoms with Crippen LogP contribution in [0.4, 0.5) is 0 Å². The monoisotopic (exact) mass is 596 g/mol. The van der Waals surface area contributed by atoms with Crippen LogP contribution in [0.25, 0.3) is 16.7 Å². The molecular weight excluding hydrogens is 569 g/mol. The summed E-state index contributed by atoms with van der Waals surface area (Å²) in [6.07, 6.45) is 7.88. The maximum atomic E-state index is 12.4. The third-order valence-corrected chi connectivity index (χ3v) is 4.86. The van der Waals surface area contributed by atoms with Crippen LogP contribution in [-0.2, 0) is 40.2 Å². The van der Waals surface area contributed by atoms with E-state index in [4.69, 9.17) is 9.84 Å². The average molecular weight is 595 g/mol. The Bertz CT molecular complexity index is 1050. The van der Waals surface area contributed by atoms with Crippen LogP contribution in [0.5, 0.6) is 0 Å². The summed E-state index contributed by atoms with van der Waals surface area (Å²) in [6.45, 7) is 3.49. The number of allylic oxidation sites excluding steroid dienone is 4. The van der Waals surface area contributed by atoms with E-state index < -0.39 is 0 Å². The van der Waals surface area contributed by atoms with E-state index in [9.17, 15) is 9.59 Å². The molecule has 0 amide bonds. The molecule has 0 unspecified atom stereocenters. The van der Waals surface area contributed by atoms with E-state index in [1.807, 2.05) is 55.7 Å². The molecule has 0 atom stereocenters. The summed E-state index contributed by atoms with van der Waals surface area (Å²) in [6, 6.07) is 15.3. The van der Waals surface area contributed by atoms with Crippen LogP contribution in [0, 0.1) is 0 Å². The van der Waals surface area contributed by atoms with Gasteiger partial charge in [-0.05, 0) is 48.1 Å². The number of carbonyl (C=O) groups excluding carboxylic acids is 2. The number of aliphatic hydroxyl groups is 1. The van der Waals surface area contributed by atoms with Crippen molar-refractivity contribution in [2.75, 3.05) is 14.2 Å². The number of methoxy groups -OCH3 is 1. The number of hydrogen-bond donors (Lipinski definition) is 1. The van der Waals surface area contributed by atoms with Gasteiger partial charge in [0, 0.05) is 45.4 Å². The fraction of sp³-hybridized carbons (Fsp3) is 0.192. The quantitative estimate of drug-likeness (QED) is 0.228. The Labute approximate surface area is 208 Å². The van der Waals surface area contributed by atoms with Gasteiger partial charge in [-0.3, -0.25) is 9.79 Å². The van der Waals surface area contributed by atoms with Crippen molar-refractivity contribution in [3.05, 3.63) is 88.8 Å². The molecule has 0 aliphatic carbocycles. The van der Waals surface area contributed by atoms with Crippen molar-refractivity contribution in [3.63, 3.8) is 0 Å². The van der Waals surface area contributed by atoms with E-state index in [0.717, 1.165) is 34.9 Å². The van der Waals surface area contributed by atoms with Crippen molar-refractivity contribution in [1.82, 2.24) is 0 Å². The molecule has 0 saturated carbocycles. The number of carbonyl (C=O) groups is 1. The van der Waals surface area contributed by atoms with E-state index in [1.165, 1.54) is 0 Å². The summed E-state index contributed by atoms with van der Waals surface area (Å²) >= 11 is 0. The maximum absolute atomic E-state index is 12.4. The van der Waals surface area contributed by atoms with Gasteiger partial charge in [0.1, 0.15) is 5.76 Å². The van der Waals surface area contributed by atoms with Crippen molar-refractivity contribution >= 4 is 23.9 Å². The Morgan fingerprint density at radius 2 is 1.56 bits per heavy atom. The van der Waals surface area contributed by atoms with Gasteiger partial charge in [-0.2, -0.15) is 17.7 Å². The van der Waals surface area contributed by atoms with Gasteiger partial charge in [0.15, 0.2) is 5.78 Å². The second-order valence-electron chi connectivity index (χ2n) is 6.74. The summed E-state index contributed by atoms with van der Waals surface area (Å²) in [5.74, 6) is 0.509. The molecule has 3 rings (SSSR count). The number of Topliss-reactive ketones (excluding diaryl/α,β-unsaturated/α-hetero) is 1. The number of aliphatic imine (C=N–C) groups is 1. The predicted octanol–water partition coefficient (Wildman–Crippen LogP) is 4.67. The molecule has 2 aromatic carbocycles. The van der Waals surface area contributed by atoms with Gasteiger partial charge in [-0.1, -0.05) is 30.3 Å². The minimum Gasteiger partial charge on any atom is -0.496 e. The number of benzene rings is 2. The molecule has 6 heteroatoms. The first-order chi connectivity index (χ1) is 15.0. The topological polar surface area (TPSA) is 76.0 Å². The molecule has 1 aliphatic heterocycles. The van der Waals surface area contributed by atoms with Crippen molar-refractivity contribution in [1.29, 1.82) is 0 Å². The Hall–Kier alpha value is -2.70. The molecule has 164 valence electrons. The first-order valence-electron chi connectivity index (χ1n) is 9.76. The van der Waals surface area contributed by atoms with Crippen molar-refractivity contribution in [2.24, 2.45) is 4.99 Å². The van der Waals surface area contributed by atoms with Gasteiger partial charge in [0.05, 0.1) is 19.0 Å². The van der Waals surface area contributed by atoms with Gasteiger partial charge in [0.2, 0.25) is 0 Å². The number of aliphatic hydroxyl groups excluding tert-OH is 1. The second kappa shape index (κ2) is 13.7. The zero-order chi connectivity index (χ0) is 22.8. The molecular formula is C26H26HfNO4-. The Morgan fingerprint density at radius 1 is 1.00 bits per heavy atom. The first kappa shape index (κ1) is 27.3. The fourth-order valence-corrected chi connectivity index (χ4v) is 3.34. The van der Waals surface area contributed by atoms with Crippen LogP contribution in [0.2, 0.25) is 0 Å². The summed E-state index contributed by atoms with van der Waals surface area (Å²) in [5, 5.41) is 7.00. The van der Waals surface area contributed by atoms with Gasteiger partial charge in [0.25, 0.3) is 0 Å². The smallest absolute Gasteiger partial charge is 0.163 e. The molecule has 2 aromatic rings. The molecule has 5 nitrogen and oxygen atoms in total. The molecule has 0 aromatic heterocycles. The fourth-order valence-electron chi connectivity index (χ4n) is 3.34. The van der Waals surface area contributed by atoms with Crippen molar-refractivity contribution in [2.45, 2.75) is 20.3 Å². The van der Waals surface area contributed by atoms with Gasteiger partial charge in [-0.25, -0.2) is 0 Å². The molecule has 1 N–H and O–H groups in total. The normalized spacial score (nSPS) is 14.3. The molecule has 1 aliphatic rings. The molecule has 0 spiro atoms. The third-order valence-electron chi connectivity index (χ3n) is 4.86. The van der Waals surface area contributed by atoms with Crippen molar-refractivity contribution < 1.29 is 45.3 Å². The van der Waals surface area contributed by atoms with E-state index in [-0.39, 0.29) is 31.6 Å². The summed E-state index contributed by atoms with van der Waals surface area (Å²) < 4.78 is 5.66. The van der Waals surface area contributed by atoms with Crippen LogP contribution in [-0.4, -0.2) is 37.6 Å². The average Bonchev–Trinajstić information content (AvgIpc) is 2.83. The van der Waals surface area contributed by atoms with Crippen LogP contribution in [0.1, 0.15) is 31.4 Å². The zero-order valence-electron chi connectivity index (χ0n) is 18.7. The van der Waals surface area contributed by atoms with Crippen LogP contribution in [0.15, 0.2) is 82.7 Å². The van der Waals surface area contributed by atoms with Crippen molar-refractivity contribution in [3.8, 4) is 11.1 Å². The van der Waals surface area contributed by atoms with E-state index in [2.05, 4.69) is 4.99 Å². The predicted molar refractivity (Wildman–Crippen MR) is 124 cm³/mol. The third kappa shape index (κ3) is 6.65. The van der Waals surface area contributed by atoms with E-state index >= 15 is 0 Å². The molecule has 32 heavy (non-hydrogen) atoms. The minimum absolute atomic E-state index is 0. The SMILES string of the molecule is CO.COC(/C(C(C)=O)=C1/C=NC=CC1)=C(/C)c1ccc(-c2ccc([C-]=O)cc2)cc1.[Hf]. The molecule has 0 radical (unpaired) electrons. The minimum atomic E-state index is -0.0540. The first-order valence-corrected chi connectivity index (χ1v) is 9.76. The van der Waals surface area contributed by atoms with Gasteiger partial charge in [-0.15, -0.1) is 12.1 Å². The van der Waals surface area contributed by atoms with Crippen LogP contribution >= 0.6 is 0 Å². The van der Waals surface area contributed by atoms with E-state index in [0.29, 0.717) is 23.3 Å². The Morgan fingerprint density at radius 3 is 2.00 bits per heavy atom. The molecule has 1 heterocycles. The van der Waals surface area contributed by atoms with Gasteiger partial charge < -0.3 is 14.6 Å².